The first-order valence-corrected chi connectivity index (χ1v) is 9.61. The predicted molar refractivity (Wildman–Crippen MR) is 112 cm³/mol. The Balaban J connectivity index is 2.14. The Labute approximate surface area is 182 Å². The van der Waals surface area contributed by atoms with Gasteiger partial charge in [-0.3, -0.25) is 24.5 Å². The fraction of sp³-hybridized carbons (Fsp3) is 0.190. The summed E-state index contributed by atoms with van der Waals surface area (Å²) >= 11 is 5.88. The van der Waals surface area contributed by atoms with Crippen LogP contribution < -0.4 is 5.32 Å². The molecule has 1 fully saturated rings. The van der Waals surface area contributed by atoms with Crippen LogP contribution in [-0.4, -0.2) is 45.6 Å². The zero-order valence-electron chi connectivity index (χ0n) is 16.4. The summed E-state index contributed by atoms with van der Waals surface area (Å²) in [5.74, 6) is -2.54. The van der Waals surface area contributed by atoms with Crippen molar-refractivity contribution in [2.75, 3.05) is 13.1 Å². The number of hydrogen-bond donors (Lipinski definition) is 2. The summed E-state index contributed by atoms with van der Waals surface area (Å²) in [4.78, 5) is 48.6. The highest BCUT2D eigenvalue weighted by Gasteiger charge is 2.46. The molecule has 0 radical (unpaired) electrons. The number of amides is 2. The molecule has 3 rings (SSSR count). The van der Waals surface area contributed by atoms with Gasteiger partial charge in [0.15, 0.2) is 0 Å². The molecular formula is C21H18ClN3O6. The number of non-ortho nitro benzene ring substituents is 1. The van der Waals surface area contributed by atoms with Crippen LogP contribution in [0.3, 0.4) is 0 Å². The number of benzene rings is 2. The number of carbonyl (C=O) groups excluding carboxylic acids is 3. The highest BCUT2D eigenvalue weighted by atomic mass is 35.5. The molecule has 2 N–H and O–H groups in total. The molecular weight excluding hydrogens is 426 g/mol. The number of ketones is 1. The van der Waals surface area contributed by atoms with Crippen molar-refractivity contribution in [3.63, 3.8) is 0 Å². The SMILES string of the molecule is CC(=O)NCCN1C(=O)C(=O)C(=C(O)c2ccc(Cl)cc2)[C@@H]1c1cccc([N+](=O)[O-])c1. The Hall–Kier alpha value is -3.72. The van der Waals surface area contributed by atoms with E-state index in [1.54, 1.807) is 0 Å². The Morgan fingerprint density at radius 1 is 1.23 bits per heavy atom. The maximum atomic E-state index is 12.8. The fourth-order valence-corrected chi connectivity index (χ4v) is 3.51. The van der Waals surface area contributed by atoms with Crippen molar-refractivity contribution in [1.82, 2.24) is 10.2 Å². The fourth-order valence-electron chi connectivity index (χ4n) is 3.38. The smallest absolute Gasteiger partial charge is 0.295 e. The molecule has 9 nitrogen and oxygen atoms in total. The summed E-state index contributed by atoms with van der Waals surface area (Å²) in [6.45, 7) is 1.34. The number of likely N-dealkylation sites (tertiary alicyclic amines) is 1. The lowest BCUT2D eigenvalue weighted by molar-refractivity contribution is -0.384. The minimum absolute atomic E-state index is 0.0328. The maximum Gasteiger partial charge on any atom is 0.295 e. The van der Waals surface area contributed by atoms with Gasteiger partial charge in [0.25, 0.3) is 17.4 Å². The number of aliphatic hydroxyl groups is 1. The second-order valence-electron chi connectivity index (χ2n) is 6.83. The van der Waals surface area contributed by atoms with Gasteiger partial charge in [-0.1, -0.05) is 23.7 Å². The standard InChI is InChI=1S/C21H18ClN3O6/c1-12(26)23-9-10-24-18(14-3-2-4-16(11-14)25(30)31)17(20(28)21(24)29)19(27)13-5-7-15(22)8-6-13/h2-8,11,18,27H,9-10H2,1H3,(H,23,26)/t18-/m0/s1. The van der Waals surface area contributed by atoms with Gasteiger partial charge in [-0.2, -0.15) is 0 Å². The first kappa shape index (κ1) is 22.0. The predicted octanol–water partition coefficient (Wildman–Crippen LogP) is 2.81. The zero-order chi connectivity index (χ0) is 22.7. The third-order valence-electron chi connectivity index (χ3n) is 4.78. The molecule has 0 unspecified atom stereocenters. The van der Waals surface area contributed by atoms with E-state index in [9.17, 15) is 29.6 Å². The van der Waals surface area contributed by atoms with Crippen LogP contribution >= 0.6 is 11.6 Å². The average Bonchev–Trinajstić information content (AvgIpc) is 2.98. The molecule has 160 valence electrons. The minimum atomic E-state index is -1.07. The van der Waals surface area contributed by atoms with E-state index in [-0.39, 0.29) is 41.4 Å². The molecule has 1 heterocycles. The van der Waals surface area contributed by atoms with E-state index in [2.05, 4.69) is 5.32 Å². The number of Topliss-reactive ketones (excluding diaryl/α,β-unsaturated/α-hetero) is 1. The topological polar surface area (TPSA) is 130 Å². The number of hydrogen-bond acceptors (Lipinski definition) is 6. The Morgan fingerprint density at radius 3 is 2.52 bits per heavy atom. The van der Waals surface area contributed by atoms with Crippen LogP contribution in [0.25, 0.3) is 5.76 Å². The molecule has 1 aliphatic heterocycles. The largest absolute Gasteiger partial charge is 0.507 e. The van der Waals surface area contributed by atoms with Gasteiger partial charge < -0.3 is 15.3 Å². The van der Waals surface area contributed by atoms with Crippen molar-refractivity contribution in [1.29, 1.82) is 0 Å². The quantitative estimate of drug-likeness (QED) is 0.232. The van der Waals surface area contributed by atoms with Crippen LogP contribution in [-0.2, 0) is 14.4 Å². The molecule has 1 saturated heterocycles. The van der Waals surface area contributed by atoms with Crippen molar-refractivity contribution < 1.29 is 24.4 Å². The highest BCUT2D eigenvalue weighted by Crippen LogP contribution is 2.40. The van der Waals surface area contributed by atoms with Crippen LogP contribution in [0.4, 0.5) is 5.69 Å². The van der Waals surface area contributed by atoms with Gasteiger partial charge in [-0.05, 0) is 29.8 Å². The summed E-state index contributed by atoms with van der Waals surface area (Å²) in [5.41, 5.74) is 0.124. The number of aliphatic hydroxyl groups excluding tert-OH is 1. The second-order valence-corrected chi connectivity index (χ2v) is 7.27. The van der Waals surface area contributed by atoms with Gasteiger partial charge in [-0.25, -0.2) is 0 Å². The number of carbonyl (C=O) groups is 3. The van der Waals surface area contributed by atoms with E-state index in [1.807, 2.05) is 0 Å². The Kier molecular flexibility index (Phi) is 6.36. The minimum Gasteiger partial charge on any atom is -0.507 e. The van der Waals surface area contributed by atoms with Crippen LogP contribution in [0.2, 0.25) is 5.02 Å². The third-order valence-corrected chi connectivity index (χ3v) is 5.03. The average molecular weight is 444 g/mol. The van der Waals surface area contributed by atoms with Crippen LogP contribution in [0.1, 0.15) is 24.1 Å². The van der Waals surface area contributed by atoms with Crippen molar-refractivity contribution in [3.8, 4) is 0 Å². The second kappa shape index (κ2) is 8.97. The lowest BCUT2D eigenvalue weighted by atomic mass is 9.95. The number of halogens is 1. The summed E-state index contributed by atoms with van der Waals surface area (Å²) in [6, 6.07) is 10.5. The van der Waals surface area contributed by atoms with Gasteiger partial charge in [0.1, 0.15) is 5.76 Å². The van der Waals surface area contributed by atoms with Crippen molar-refractivity contribution in [3.05, 3.63) is 80.4 Å². The van der Waals surface area contributed by atoms with Crippen LogP contribution in [0, 0.1) is 10.1 Å². The molecule has 10 heteroatoms. The van der Waals surface area contributed by atoms with Crippen molar-refractivity contribution in [2.24, 2.45) is 0 Å². The molecule has 0 aliphatic carbocycles. The Bertz CT molecular complexity index is 1100. The van der Waals surface area contributed by atoms with Crippen LogP contribution in [0.15, 0.2) is 54.1 Å². The van der Waals surface area contributed by atoms with E-state index >= 15 is 0 Å². The molecule has 2 aromatic rings. The van der Waals surface area contributed by atoms with Gasteiger partial charge >= 0.3 is 0 Å². The molecule has 0 saturated carbocycles. The van der Waals surface area contributed by atoms with E-state index in [4.69, 9.17) is 11.6 Å². The van der Waals surface area contributed by atoms with Crippen molar-refractivity contribution in [2.45, 2.75) is 13.0 Å². The van der Waals surface area contributed by atoms with Gasteiger partial charge in [-0.15, -0.1) is 0 Å². The van der Waals surface area contributed by atoms with Crippen LogP contribution in [0.5, 0.6) is 0 Å². The van der Waals surface area contributed by atoms with E-state index in [0.29, 0.717) is 5.02 Å². The number of nitro groups is 1. The van der Waals surface area contributed by atoms with Gasteiger partial charge in [0.05, 0.1) is 16.5 Å². The lowest BCUT2D eigenvalue weighted by Gasteiger charge is -2.25. The first-order valence-electron chi connectivity index (χ1n) is 9.24. The summed E-state index contributed by atoms with van der Waals surface area (Å²) in [7, 11) is 0. The monoisotopic (exact) mass is 443 g/mol. The number of nitrogens with one attached hydrogen (secondary N) is 1. The first-order chi connectivity index (χ1) is 14.7. The molecule has 0 bridgehead atoms. The number of nitro benzene ring substituents is 1. The Morgan fingerprint density at radius 2 is 1.90 bits per heavy atom. The lowest BCUT2D eigenvalue weighted by Crippen LogP contribution is -2.37. The van der Waals surface area contributed by atoms with E-state index in [1.165, 1.54) is 60.4 Å². The number of nitrogens with zero attached hydrogens (tertiary/aromatic N) is 2. The van der Waals surface area contributed by atoms with Gasteiger partial charge in [0.2, 0.25) is 5.91 Å². The maximum absolute atomic E-state index is 12.8. The zero-order valence-corrected chi connectivity index (χ0v) is 17.1. The molecule has 1 aliphatic rings. The molecule has 0 aromatic heterocycles. The van der Waals surface area contributed by atoms with E-state index < -0.39 is 28.4 Å². The molecule has 2 amide bonds. The summed E-state index contributed by atoms with van der Waals surface area (Å²) < 4.78 is 0. The van der Waals surface area contributed by atoms with E-state index in [0.717, 1.165) is 0 Å². The third kappa shape index (κ3) is 4.56. The molecule has 1 atom stereocenters. The molecule has 31 heavy (non-hydrogen) atoms. The summed E-state index contributed by atoms with van der Waals surface area (Å²) in [5, 5.41) is 25.1. The number of rotatable bonds is 6. The van der Waals surface area contributed by atoms with Crippen molar-refractivity contribution >= 4 is 40.6 Å². The highest BCUT2D eigenvalue weighted by molar-refractivity contribution is 6.46. The molecule has 0 spiro atoms. The normalized spacial score (nSPS) is 17.6. The summed E-state index contributed by atoms with van der Waals surface area (Å²) in [6.07, 6.45) is 0. The van der Waals surface area contributed by atoms with Gasteiger partial charge in [0, 0.05) is 42.7 Å². The molecule has 2 aromatic carbocycles.